The van der Waals surface area contributed by atoms with Crippen LogP contribution in [0.25, 0.3) is 0 Å². The van der Waals surface area contributed by atoms with Gasteiger partial charge in [0, 0.05) is 30.0 Å². The van der Waals surface area contributed by atoms with Gasteiger partial charge in [-0.3, -0.25) is 9.59 Å². The van der Waals surface area contributed by atoms with Crippen molar-refractivity contribution in [1.29, 1.82) is 0 Å². The third kappa shape index (κ3) is 4.20. The first-order valence-corrected chi connectivity index (χ1v) is 8.08. The first-order chi connectivity index (χ1) is 11.7. The Morgan fingerprint density at radius 2 is 1.79 bits per heavy atom. The fraction of sp³-hybridized carbons (Fsp3) is 0.263. The molecule has 0 saturated carbocycles. The molecule has 0 unspecified atom stereocenters. The Hall–Kier alpha value is -2.66. The van der Waals surface area contributed by atoms with Crippen LogP contribution in [-0.2, 0) is 4.74 Å². The highest BCUT2D eigenvalue weighted by molar-refractivity contribution is 6.05. The molecule has 24 heavy (non-hydrogen) atoms. The number of anilines is 1. The average molecular weight is 324 g/mol. The summed E-state index contributed by atoms with van der Waals surface area (Å²) in [5.41, 5.74) is 1.68. The minimum Gasteiger partial charge on any atom is -0.376 e. The number of carbonyl (C=O) groups is 2. The van der Waals surface area contributed by atoms with Crippen molar-refractivity contribution in [2.45, 2.75) is 18.9 Å². The molecular formula is C19H20N2O3. The Bertz CT molecular complexity index is 710. The maximum absolute atomic E-state index is 12.2. The predicted octanol–water partition coefficient (Wildman–Crippen LogP) is 2.85. The maximum Gasteiger partial charge on any atom is 0.255 e. The molecular weight excluding hydrogens is 304 g/mol. The molecule has 124 valence electrons. The van der Waals surface area contributed by atoms with E-state index >= 15 is 0 Å². The zero-order valence-electron chi connectivity index (χ0n) is 13.3. The summed E-state index contributed by atoms with van der Waals surface area (Å²) in [6.07, 6.45) is 2.13. The minimum atomic E-state index is -0.201. The van der Waals surface area contributed by atoms with Crippen LogP contribution in [0.5, 0.6) is 0 Å². The molecule has 0 aromatic heterocycles. The normalized spacial score (nSPS) is 16.6. The topological polar surface area (TPSA) is 67.4 Å². The van der Waals surface area contributed by atoms with Gasteiger partial charge in [-0.15, -0.1) is 0 Å². The molecule has 5 heteroatoms. The van der Waals surface area contributed by atoms with Crippen molar-refractivity contribution in [3.63, 3.8) is 0 Å². The standard InChI is InChI=1S/C19H20N2O3/c22-18(20-13-17-10-5-11-24-17)15-8-4-9-16(12-15)21-19(23)14-6-2-1-3-7-14/h1-4,6-9,12,17H,5,10-11,13H2,(H,20,22)(H,21,23)/t17-/m1/s1. The van der Waals surface area contributed by atoms with Gasteiger partial charge >= 0.3 is 0 Å². The molecule has 2 aromatic rings. The van der Waals surface area contributed by atoms with E-state index in [9.17, 15) is 9.59 Å². The average Bonchev–Trinajstić information content (AvgIpc) is 3.14. The van der Waals surface area contributed by atoms with E-state index in [1.807, 2.05) is 18.2 Å². The quantitative estimate of drug-likeness (QED) is 0.889. The van der Waals surface area contributed by atoms with Crippen LogP contribution in [-0.4, -0.2) is 31.1 Å². The van der Waals surface area contributed by atoms with Crippen molar-refractivity contribution in [3.8, 4) is 0 Å². The van der Waals surface area contributed by atoms with E-state index in [2.05, 4.69) is 10.6 Å². The van der Waals surface area contributed by atoms with Crippen molar-refractivity contribution in [2.24, 2.45) is 0 Å². The summed E-state index contributed by atoms with van der Waals surface area (Å²) in [6, 6.07) is 15.9. The molecule has 2 N–H and O–H groups in total. The molecule has 0 aliphatic carbocycles. The van der Waals surface area contributed by atoms with Crippen LogP contribution in [0.2, 0.25) is 0 Å². The lowest BCUT2D eigenvalue weighted by molar-refractivity contribution is 0.0857. The highest BCUT2D eigenvalue weighted by Gasteiger charge is 2.17. The number of rotatable bonds is 5. The SMILES string of the molecule is O=C(NC[C@H]1CCCO1)c1cccc(NC(=O)c2ccccc2)c1. The first kappa shape index (κ1) is 16.2. The number of hydrogen-bond acceptors (Lipinski definition) is 3. The predicted molar refractivity (Wildman–Crippen MR) is 92.1 cm³/mol. The van der Waals surface area contributed by atoms with E-state index in [0.717, 1.165) is 19.4 Å². The molecule has 1 aliphatic rings. The van der Waals surface area contributed by atoms with Crippen molar-refractivity contribution in [2.75, 3.05) is 18.5 Å². The minimum absolute atomic E-state index is 0.106. The van der Waals surface area contributed by atoms with Crippen LogP contribution in [0, 0.1) is 0 Å². The monoisotopic (exact) mass is 324 g/mol. The summed E-state index contributed by atoms with van der Waals surface area (Å²) in [5.74, 6) is -0.367. The molecule has 1 heterocycles. The second kappa shape index (κ2) is 7.75. The number of benzene rings is 2. The highest BCUT2D eigenvalue weighted by atomic mass is 16.5. The number of amides is 2. The molecule has 0 spiro atoms. The van der Waals surface area contributed by atoms with E-state index in [-0.39, 0.29) is 17.9 Å². The smallest absolute Gasteiger partial charge is 0.255 e. The number of nitrogens with one attached hydrogen (secondary N) is 2. The summed E-state index contributed by atoms with van der Waals surface area (Å²) in [6.45, 7) is 1.28. The van der Waals surface area contributed by atoms with Gasteiger partial charge in [0.25, 0.3) is 11.8 Å². The molecule has 1 fully saturated rings. The second-order valence-electron chi connectivity index (χ2n) is 5.75. The van der Waals surface area contributed by atoms with Crippen LogP contribution >= 0.6 is 0 Å². The Morgan fingerprint density at radius 1 is 1.00 bits per heavy atom. The van der Waals surface area contributed by atoms with Gasteiger partial charge in [-0.25, -0.2) is 0 Å². The molecule has 2 amide bonds. The van der Waals surface area contributed by atoms with Crippen LogP contribution < -0.4 is 10.6 Å². The van der Waals surface area contributed by atoms with E-state index < -0.39 is 0 Å². The van der Waals surface area contributed by atoms with Gasteiger partial charge in [0.15, 0.2) is 0 Å². The van der Waals surface area contributed by atoms with Gasteiger partial charge < -0.3 is 15.4 Å². The molecule has 1 atom stereocenters. The van der Waals surface area contributed by atoms with E-state index in [0.29, 0.717) is 23.4 Å². The summed E-state index contributed by atoms with van der Waals surface area (Å²) >= 11 is 0. The molecule has 0 radical (unpaired) electrons. The van der Waals surface area contributed by atoms with Gasteiger partial charge in [-0.2, -0.15) is 0 Å². The zero-order valence-corrected chi connectivity index (χ0v) is 13.3. The largest absolute Gasteiger partial charge is 0.376 e. The highest BCUT2D eigenvalue weighted by Crippen LogP contribution is 2.14. The zero-order chi connectivity index (χ0) is 16.8. The third-order valence-electron chi connectivity index (χ3n) is 3.93. The summed E-state index contributed by atoms with van der Waals surface area (Å²) in [4.78, 5) is 24.4. The lowest BCUT2D eigenvalue weighted by atomic mass is 10.1. The van der Waals surface area contributed by atoms with Crippen LogP contribution in [0.4, 0.5) is 5.69 Å². The van der Waals surface area contributed by atoms with Crippen molar-refractivity contribution in [1.82, 2.24) is 5.32 Å². The fourth-order valence-corrected chi connectivity index (χ4v) is 2.64. The Kier molecular flexibility index (Phi) is 5.23. The Labute approximate surface area is 141 Å². The molecule has 2 aromatic carbocycles. The van der Waals surface area contributed by atoms with Crippen molar-refractivity contribution >= 4 is 17.5 Å². The third-order valence-corrected chi connectivity index (χ3v) is 3.93. The van der Waals surface area contributed by atoms with Crippen LogP contribution in [0.3, 0.4) is 0 Å². The number of hydrogen-bond donors (Lipinski definition) is 2. The van der Waals surface area contributed by atoms with Crippen molar-refractivity contribution < 1.29 is 14.3 Å². The Balaban J connectivity index is 1.61. The Morgan fingerprint density at radius 3 is 2.54 bits per heavy atom. The summed E-state index contributed by atoms with van der Waals surface area (Å²) in [5, 5.41) is 5.68. The summed E-state index contributed by atoms with van der Waals surface area (Å²) in [7, 11) is 0. The molecule has 1 aliphatic heterocycles. The molecule has 3 rings (SSSR count). The van der Waals surface area contributed by atoms with E-state index in [1.165, 1.54) is 0 Å². The van der Waals surface area contributed by atoms with E-state index in [1.54, 1.807) is 36.4 Å². The lowest BCUT2D eigenvalue weighted by Crippen LogP contribution is -2.31. The summed E-state index contributed by atoms with van der Waals surface area (Å²) < 4.78 is 5.49. The molecule has 1 saturated heterocycles. The molecule has 0 bridgehead atoms. The van der Waals surface area contributed by atoms with Crippen LogP contribution in [0.15, 0.2) is 54.6 Å². The van der Waals surface area contributed by atoms with Gasteiger partial charge in [0.05, 0.1) is 6.10 Å². The van der Waals surface area contributed by atoms with Gasteiger partial charge in [-0.1, -0.05) is 24.3 Å². The van der Waals surface area contributed by atoms with Crippen LogP contribution in [0.1, 0.15) is 33.6 Å². The van der Waals surface area contributed by atoms with Gasteiger partial charge in [0.1, 0.15) is 0 Å². The molecule has 5 nitrogen and oxygen atoms in total. The first-order valence-electron chi connectivity index (χ1n) is 8.08. The fourth-order valence-electron chi connectivity index (χ4n) is 2.64. The van der Waals surface area contributed by atoms with Gasteiger partial charge in [-0.05, 0) is 43.2 Å². The number of carbonyl (C=O) groups excluding carboxylic acids is 2. The van der Waals surface area contributed by atoms with Crippen molar-refractivity contribution in [3.05, 3.63) is 65.7 Å². The second-order valence-corrected chi connectivity index (χ2v) is 5.75. The maximum atomic E-state index is 12.2. The lowest BCUT2D eigenvalue weighted by Gasteiger charge is -2.11. The van der Waals surface area contributed by atoms with Gasteiger partial charge in [0.2, 0.25) is 0 Å². The number of ether oxygens (including phenoxy) is 1. The van der Waals surface area contributed by atoms with E-state index in [4.69, 9.17) is 4.74 Å².